The van der Waals surface area contributed by atoms with E-state index in [0.717, 1.165) is 18.5 Å². The van der Waals surface area contributed by atoms with Gasteiger partial charge in [-0.25, -0.2) is 8.42 Å². The van der Waals surface area contributed by atoms with E-state index >= 15 is 0 Å². The zero-order valence-corrected chi connectivity index (χ0v) is 19.0. The van der Waals surface area contributed by atoms with Crippen LogP contribution in [0.25, 0.3) is 0 Å². The van der Waals surface area contributed by atoms with E-state index in [1.807, 2.05) is 44.2 Å². The van der Waals surface area contributed by atoms with Gasteiger partial charge in [0, 0.05) is 24.8 Å². The molecule has 2 atom stereocenters. The Morgan fingerprint density at radius 3 is 2.23 bits per heavy atom. The van der Waals surface area contributed by atoms with Crippen LogP contribution in [0.5, 0.6) is 0 Å². The maximum absolute atomic E-state index is 13.3. The van der Waals surface area contributed by atoms with Crippen LogP contribution in [0.3, 0.4) is 0 Å². The third-order valence-electron chi connectivity index (χ3n) is 4.90. The molecule has 0 radical (unpaired) electrons. The van der Waals surface area contributed by atoms with Gasteiger partial charge in [0.25, 0.3) is 0 Å². The van der Waals surface area contributed by atoms with Crippen LogP contribution >= 0.6 is 0 Å². The number of sulfonamides is 1. The van der Waals surface area contributed by atoms with Crippen LogP contribution in [0, 0.1) is 5.92 Å². The summed E-state index contributed by atoms with van der Waals surface area (Å²) in [6, 6.07) is 15.9. The number of nitrogens with two attached hydrogens (primary N) is 1. The molecule has 2 rings (SSSR count). The van der Waals surface area contributed by atoms with E-state index in [4.69, 9.17) is 5.73 Å². The lowest BCUT2D eigenvalue weighted by Gasteiger charge is -2.31. The number of aliphatic hydroxyl groups excluding tert-OH is 1. The smallest absolute Gasteiger partial charge is 0.243 e. The van der Waals surface area contributed by atoms with Crippen molar-refractivity contribution in [3.8, 4) is 0 Å². The number of nitrogens with one attached hydrogen (secondary N) is 1. The van der Waals surface area contributed by atoms with Crippen molar-refractivity contribution in [1.82, 2.24) is 9.62 Å². The van der Waals surface area contributed by atoms with Crippen molar-refractivity contribution >= 4 is 15.7 Å². The fourth-order valence-electron chi connectivity index (χ4n) is 3.34. The van der Waals surface area contributed by atoms with Gasteiger partial charge in [0.1, 0.15) is 0 Å². The van der Waals surface area contributed by atoms with Gasteiger partial charge in [-0.1, -0.05) is 51.1 Å². The number of aliphatic hydroxyl groups is 1. The van der Waals surface area contributed by atoms with E-state index in [1.54, 1.807) is 12.1 Å². The predicted octanol–water partition coefficient (Wildman–Crippen LogP) is 2.89. The van der Waals surface area contributed by atoms with Crippen molar-refractivity contribution in [2.24, 2.45) is 5.92 Å². The highest BCUT2D eigenvalue weighted by Gasteiger charge is 2.30. The molecule has 2 aromatic carbocycles. The summed E-state index contributed by atoms with van der Waals surface area (Å²) in [4.78, 5) is 0.186. The summed E-state index contributed by atoms with van der Waals surface area (Å²) < 4.78 is 27.9. The van der Waals surface area contributed by atoms with E-state index in [0.29, 0.717) is 18.7 Å². The van der Waals surface area contributed by atoms with Crippen LogP contribution in [0.2, 0.25) is 0 Å². The van der Waals surface area contributed by atoms with Crippen molar-refractivity contribution < 1.29 is 13.5 Å². The molecule has 2 aromatic rings. The molecule has 0 amide bonds. The lowest BCUT2D eigenvalue weighted by molar-refractivity contribution is 0.102. The lowest BCUT2D eigenvalue weighted by Crippen LogP contribution is -2.49. The molecular formula is C23H35N3O3S. The zero-order valence-electron chi connectivity index (χ0n) is 18.2. The minimum absolute atomic E-state index is 0.0269. The number of anilines is 1. The largest absolute Gasteiger partial charge is 0.399 e. The summed E-state index contributed by atoms with van der Waals surface area (Å²) in [5.41, 5.74) is 7.32. The molecule has 0 heterocycles. The van der Waals surface area contributed by atoms with Gasteiger partial charge in [-0.15, -0.1) is 0 Å². The highest BCUT2D eigenvalue weighted by Crippen LogP contribution is 2.20. The summed E-state index contributed by atoms with van der Waals surface area (Å²) in [5, 5.41) is 14.4. The van der Waals surface area contributed by atoms with Crippen molar-refractivity contribution in [2.45, 2.75) is 50.7 Å². The van der Waals surface area contributed by atoms with Crippen molar-refractivity contribution in [3.05, 3.63) is 60.2 Å². The topological polar surface area (TPSA) is 95.7 Å². The summed E-state index contributed by atoms with van der Waals surface area (Å²) >= 11 is 0. The first-order chi connectivity index (χ1) is 14.2. The van der Waals surface area contributed by atoms with E-state index < -0.39 is 16.1 Å². The molecule has 0 bridgehead atoms. The molecule has 0 aliphatic rings. The Morgan fingerprint density at radius 2 is 1.67 bits per heavy atom. The highest BCUT2D eigenvalue weighted by molar-refractivity contribution is 7.89. The Morgan fingerprint density at radius 1 is 1.03 bits per heavy atom. The van der Waals surface area contributed by atoms with Crippen LogP contribution in [0.15, 0.2) is 59.5 Å². The fourth-order valence-corrected chi connectivity index (χ4v) is 4.97. The third-order valence-corrected chi connectivity index (χ3v) is 6.74. The molecule has 0 fully saturated rings. The quantitative estimate of drug-likeness (QED) is 0.447. The average Bonchev–Trinajstić information content (AvgIpc) is 2.71. The molecule has 0 saturated heterocycles. The third kappa shape index (κ3) is 7.09. The van der Waals surface area contributed by atoms with Gasteiger partial charge in [0.2, 0.25) is 10.0 Å². The SMILES string of the molecule is CCCN[C@@H](Cc1ccccc1)[C@H](O)CN(CC(C)C)S(=O)(=O)c1ccc(N)cc1. The number of hydrogen-bond donors (Lipinski definition) is 3. The molecular weight excluding hydrogens is 398 g/mol. The number of benzene rings is 2. The van der Waals surface area contributed by atoms with Crippen molar-refractivity contribution in [3.63, 3.8) is 0 Å². The van der Waals surface area contributed by atoms with Crippen LogP contribution < -0.4 is 11.1 Å². The summed E-state index contributed by atoms with van der Waals surface area (Å²) in [5.74, 6) is 0.122. The molecule has 30 heavy (non-hydrogen) atoms. The van der Waals surface area contributed by atoms with Crippen LogP contribution in [-0.4, -0.2) is 49.6 Å². The van der Waals surface area contributed by atoms with Gasteiger partial charge in [-0.05, 0) is 55.1 Å². The Balaban J connectivity index is 2.24. The molecule has 7 heteroatoms. The van der Waals surface area contributed by atoms with Gasteiger partial charge < -0.3 is 16.2 Å². The maximum Gasteiger partial charge on any atom is 0.243 e. The van der Waals surface area contributed by atoms with Crippen LogP contribution in [0.1, 0.15) is 32.8 Å². The van der Waals surface area contributed by atoms with Gasteiger partial charge in [-0.3, -0.25) is 0 Å². The van der Waals surface area contributed by atoms with Gasteiger partial charge >= 0.3 is 0 Å². The summed E-state index contributed by atoms with van der Waals surface area (Å²) in [7, 11) is -3.74. The predicted molar refractivity (Wildman–Crippen MR) is 123 cm³/mol. The number of nitrogen functional groups attached to an aromatic ring is 1. The summed E-state index contributed by atoms with van der Waals surface area (Å²) in [6.07, 6.45) is 0.704. The second kappa shape index (κ2) is 11.5. The number of nitrogens with zero attached hydrogens (tertiary/aromatic N) is 1. The monoisotopic (exact) mass is 433 g/mol. The average molecular weight is 434 g/mol. The van der Waals surface area contributed by atoms with Gasteiger partial charge in [0.15, 0.2) is 0 Å². The molecule has 0 aliphatic heterocycles. The highest BCUT2D eigenvalue weighted by atomic mass is 32.2. The van der Waals surface area contributed by atoms with Crippen LogP contribution in [0.4, 0.5) is 5.69 Å². The standard InChI is InChI=1S/C23H35N3O3S/c1-4-14-25-22(15-19-8-6-5-7-9-19)23(27)17-26(16-18(2)3)30(28,29)21-12-10-20(24)11-13-21/h5-13,18,22-23,25,27H,4,14-17,24H2,1-3H3/t22-,23+/m0/s1. The number of rotatable bonds is 12. The maximum atomic E-state index is 13.3. The Labute approximate surface area is 181 Å². The minimum atomic E-state index is -3.74. The van der Waals surface area contributed by atoms with Crippen LogP contribution in [-0.2, 0) is 16.4 Å². The normalized spacial score (nSPS) is 14.2. The molecule has 0 aromatic heterocycles. The van der Waals surface area contributed by atoms with Gasteiger partial charge in [-0.2, -0.15) is 4.31 Å². The van der Waals surface area contributed by atoms with Crippen molar-refractivity contribution in [2.75, 3.05) is 25.4 Å². The Bertz CT molecular complexity index is 855. The van der Waals surface area contributed by atoms with E-state index in [9.17, 15) is 13.5 Å². The first-order valence-electron chi connectivity index (χ1n) is 10.5. The molecule has 0 saturated carbocycles. The zero-order chi connectivity index (χ0) is 22.1. The second-order valence-corrected chi connectivity index (χ2v) is 10.0. The van der Waals surface area contributed by atoms with E-state index in [-0.39, 0.29) is 23.4 Å². The Kier molecular flexibility index (Phi) is 9.30. The first-order valence-corrected chi connectivity index (χ1v) is 12.0. The molecule has 6 nitrogen and oxygen atoms in total. The minimum Gasteiger partial charge on any atom is -0.399 e. The summed E-state index contributed by atoms with van der Waals surface area (Å²) in [6.45, 7) is 7.11. The molecule has 4 N–H and O–H groups in total. The molecule has 166 valence electrons. The second-order valence-electron chi connectivity index (χ2n) is 8.10. The Hall–Kier alpha value is -1.93. The van der Waals surface area contributed by atoms with Gasteiger partial charge in [0.05, 0.1) is 11.0 Å². The van der Waals surface area contributed by atoms with E-state index in [1.165, 1.54) is 16.4 Å². The number of hydrogen-bond acceptors (Lipinski definition) is 5. The lowest BCUT2D eigenvalue weighted by atomic mass is 10.0. The van der Waals surface area contributed by atoms with Crippen molar-refractivity contribution in [1.29, 1.82) is 0 Å². The van der Waals surface area contributed by atoms with E-state index in [2.05, 4.69) is 12.2 Å². The molecule has 0 unspecified atom stereocenters. The fraction of sp³-hybridized carbons (Fsp3) is 0.478. The molecule has 0 spiro atoms. The molecule has 0 aliphatic carbocycles. The first kappa shape index (κ1) is 24.3.